The van der Waals surface area contributed by atoms with Gasteiger partial charge in [0.2, 0.25) is 0 Å². The summed E-state index contributed by atoms with van der Waals surface area (Å²) < 4.78 is 9.94. The lowest BCUT2D eigenvalue weighted by molar-refractivity contribution is -0.385. The van der Waals surface area contributed by atoms with Crippen LogP contribution in [-0.2, 0) is 4.74 Å². The molecule has 0 saturated heterocycles. The average molecular weight is 344 g/mol. The second-order valence-corrected chi connectivity index (χ2v) is 4.86. The summed E-state index contributed by atoms with van der Waals surface area (Å²) in [5.41, 5.74) is -0.193. The maximum absolute atomic E-state index is 12.5. The van der Waals surface area contributed by atoms with Gasteiger partial charge in [-0.3, -0.25) is 14.9 Å². The molecular formula is C17H16N2O6. The molecule has 2 rings (SSSR count). The number of nitrogens with one attached hydrogen (secondary N) is 1. The maximum Gasteiger partial charge on any atom is 0.340 e. The lowest BCUT2D eigenvalue weighted by Gasteiger charge is -2.11. The highest BCUT2D eigenvalue weighted by molar-refractivity contribution is 6.10. The van der Waals surface area contributed by atoms with Crippen molar-refractivity contribution in [3.05, 3.63) is 63.7 Å². The molecule has 130 valence electrons. The summed E-state index contributed by atoms with van der Waals surface area (Å²) >= 11 is 0. The first-order valence-electron chi connectivity index (χ1n) is 7.37. The van der Waals surface area contributed by atoms with Crippen molar-refractivity contribution in [1.29, 1.82) is 0 Å². The summed E-state index contributed by atoms with van der Waals surface area (Å²) in [6.07, 6.45) is 0. The van der Waals surface area contributed by atoms with Gasteiger partial charge in [0.05, 0.1) is 29.9 Å². The van der Waals surface area contributed by atoms with Crippen molar-refractivity contribution in [1.82, 2.24) is 0 Å². The van der Waals surface area contributed by atoms with Gasteiger partial charge < -0.3 is 14.8 Å². The number of benzene rings is 2. The first-order chi connectivity index (χ1) is 12.0. The Kier molecular flexibility index (Phi) is 5.67. The molecule has 0 aliphatic heterocycles. The van der Waals surface area contributed by atoms with Gasteiger partial charge in [0.25, 0.3) is 11.6 Å². The Hall–Kier alpha value is -3.42. The number of ether oxygens (including phenoxy) is 2. The van der Waals surface area contributed by atoms with Crippen molar-refractivity contribution in [3.8, 4) is 5.75 Å². The van der Waals surface area contributed by atoms with Gasteiger partial charge in [-0.15, -0.1) is 0 Å². The Balaban J connectivity index is 2.38. The smallest absolute Gasteiger partial charge is 0.340 e. The Morgan fingerprint density at radius 3 is 2.52 bits per heavy atom. The van der Waals surface area contributed by atoms with E-state index < -0.39 is 16.8 Å². The van der Waals surface area contributed by atoms with Crippen LogP contribution in [0, 0.1) is 10.1 Å². The zero-order valence-corrected chi connectivity index (χ0v) is 13.6. The van der Waals surface area contributed by atoms with Crippen LogP contribution in [0.3, 0.4) is 0 Å². The van der Waals surface area contributed by atoms with Crippen molar-refractivity contribution >= 4 is 23.3 Å². The van der Waals surface area contributed by atoms with Gasteiger partial charge in [-0.1, -0.05) is 12.1 Å². The zero-order valence-electron chi connectivity index (χ0n) is 13.6. The number of hydrogen-bond acceptors (Lipinski definition) is 6. The molecule has 0 saturated carbocycles. The topological polar surface area (TPSA) is 108 Å². The summed E-state index contributed by atoms with van der Waals surface area (Å²) in [6.45, 7) is 1.85. The van der Waals surface area contributed by atoms with E-state index in [2.05, 4.69) is 5.32 Å². The molecule has 0 spiro atoms. The Bertz CT molecular complexity index is 819. The number of amides is 1. The predicted octanol–water partition coefficient (Wildman–Crippen LogP) is 3.03. The summed E-state index contributed by atoms with van der Waals surface area (Å²) in [4.78, 5) is 35.0. The van der Waals surface area contributed by atoms with Crippen LogP contribution in [0.2, 0.25) is 0 Å². The molecule has 25 heavy (non-hydrogen) atoms. The summed E-state index contributed by atoms with van der Waals surface area (Å²) in [5, 5.41) is 13.7. The number of nitrogens with zero attached hydrogens (tertiary/aromatic N) is 1. The highest BCUT2D eigenvalue weighted by Gasteiger charge is 2.23. The molecule has 0 aliphatic carbocycles. The number of carbonyl (C=O) groups excluding carboxylic acids is 2. The molecule has 8 nitrogen and oxygen atoms in total. The molecule has 2 aromatic rings. The van der Waals surface area contributed by atoms with Crippen LogP contribution >= 0.6 is 0 Å². The van der Waals surface area contributed by atoms with Crippen molar-refractivity contribution in [2.75, 3.05) is 19.0 Å². The number of anilines is 1. The maximum atomic E-state index is 12.5. The van der Waals surface area contributed by atoms with E-state index in [1.54, 1.807) is 19.1 Å². The third-order valence-electron chi connectivity index (χ3n) is 3.32. The van der Waals surface area contributed by atoms with Gasteiger partial charge in [0, 0.05) is 6.07 Å². The fraction of sp³-hybridized carbons (Fsp3) is 0.176. The van der Waals surface area contributed by atoms with Gasteiger partial charge in [0.15, 0.2) is 0 Å². The minimum atomic E-state index is -0.734. The number of nitro benzene ring substituents is 1. The number of rotatable bonds is 6. The van der Waals surface area contributed by atoms with Gasteiger partial charge in [-0.2, -0.15) is 0 Å². The molecule has 0 bridgehead atoms. The van der Waals surface area contributed by atoms with E-state index in [4.69, 9.17) is 9.47 Å². The van der Waals surface area contributed by atoms with E-state index in [9.17, 15) is 19.7 Å². The van der Waals surface area contributed by atoms with E-state index in [0.717, 1.165) is 0 Å². The van der Waals surface area contributed by atoms with Gasteiger partial charge in [0.1, 0.15) is 11.3 Å². The van der Waals surface area contributed by atoms with Crippen molar-refractivity contribution in [2.45, 2.75) is 6.92 Å². The van der Waals surface area contributed by atoms with Crippen LogP contribution in [0.5, 0.6) is 5.75 Å². The van der Waals surface area contributed by atoms with Gasteiger partial charge in [-0.25, -0.2) is 4.79 Å². The number of para-hydroxylation sites is 1. The third kappa shape index (κ3) is 4.11. The lowest BCUT2D eigenvalue weighted by Crippen LogP contribution is -2.17. The number of esters is 1. The fourth-order valence-corrected chi connectivity index (χ4v) is 2.15. The molecule has 0 aromatic heterocycles. The van der Waals surface area contributed by atoms with E-state index in [-0.39, 0.29) is 29.1 Å². The van der Waals surface area contributed by atoms with Gasteiger partial charge in [-0.05, 0) is 31.2 Å². The van der Waals surface area contributed by atoms with Crippen molar-refractivity contribution in [2.24, 2.45) is 0 Å². The first kappa shape index (κ1) is 17.9. The van der Waals surface area contributed by atoms with Crippen LogP contribution < -0.4 is 10.1 Å². The molecule has 0 atom stereocenters. The standard InChI is InChI=1S/C17H16N2O6/c1-3-25-17(21)12-6-4-5-7-14(12)18-16(20)13-10-11(24-2)8-9-15(13)19(22)23/h4-10H,3H2,1-2H3,(H,18,20). The van der Waals surface area contributed by atoms with E-state index >= 15 is 0 Å². The zero-order chi connectivity index (χ0) is 18.4. The number of nitro groups is 1. The van der Waals surface area contributed by atoms with Crippen LogP contribution in [0.4, 0.5) is 11.4 Å². The second-order valence-electron chi connectivity index (χ2n) is 4.86. The van der Waals surface area contributed by atoms with Crippen LogP contribution in [0.25, 0.3) is 0 Å². The molecule has 8 heteroatoms. The number of hydrogen-bond donors (Lipinski definition) is 1. The third-order valence-corrected chi connectivity index (χ3v) is 3.32. The van der Waals surface area contributed by atoms with Crippen LogP contribution in [0.1, 0.15) is 27.6 Å². The molecule has 1 N–H and O–H groups in total. The normalized spacial score (nSPS) is 10.0. The summed E-state index contributed by atoms with van der Waals surface area (Å²) in [5.74, 6) is -1.03. The van der Waals surface area contributed by atoms with Crippen molar-refractivity contribution < 1.29 is 24.0 Å². The molecule has 2 aromatic carbocycles. The van der Waals surface area contributed by atoms with Gasteiger partial charge >= 0.3 is 5.97 Å². The highest BCUT2D eigenvalue weighted by Crippen LogP contribution is 2.26. The monoisotopic (exact) mass is 344 g/mol. The molecule has 0 aliphatic rings. The molecule has 1 amide bonds. The lowest BCUT2D eigenvalue weighted by atomic mass is 10.1. The molecular weight excluding hydrogens is 328 g/mol. The minimum Gasteiger partial charge on any atom is -0.497 e. The Labute approximate surface area is 143 Å². The quantitative estimate of drug-likeness (QED) is 0.490. The second kappa shape index (κ2) is 7.91. The predicted molar refractivity (Wildman–Crippen MR) is 90.0 cm³/mol. The highest BCUT2D eigenvalue weighted by atomic mass is 16.6. The average Bonchev–Trinajstić information content (AvgIpc) is 2.61. The van der Waals surface area contributed by atoms with E-state index in [1.165, 1.54) is 37.4 Å². The largest absolute Gasteiger partial charge is 0.497 e. The number of methoxy groups -OCH3 is 1. The Morgan fingerprint density at radius 2 is 1.88 bits per heavy atom. The molecule has 0 heterocycles. The van der Waals surface area contributed by atoms with Crippen molar-refractivity contribution in [3.63, 3.8) is 0 Å². The SMILES string of the molecule is CCOC(=O)c1ccccc1NC(=O)c1cc(OC)ccc1[N+](=O)[O-]. The molecule has 0 fully saturated rings. The first-order valence-corrected chi connectivity index (χ1v) is 7.37. The van der Waals surface area contributed by atoms with Crippen LogP contribution in [-0.4, -0.2) is 30.5 Å². The molecule has 0 unspecified atom stereocenters. The van der Waals surface area contributed by atoms with Crippen LogP contribution in [0.15, 0.2) is 42.5 Å². The summed E-state index contributed by atoms with van der Waals surface area (Å²) in [6, 6.07) is 10.1. The van der Waals surface area contributed by atoms with E-state index in [1.807, 2.05) is 0 Å². The minimum absolute atomic E-state index is 0.156. The van der Waals surface area contributed by atoms with E-state index in [0.29, 0.717) is 5.75 Å². The Morgan fingerprint density at radius 1 is 1.16 bits per heavy atom. The fourth-order valence-electron chi connectivity index (χ4n) is 2.15. The molecule has 0 radical (unpaired) electrons. The summed E-state index contributed by atoms with van der Waals surface area (Å²) in [7, 11) is 1.39. The number of carbonyl (C=O) groups is 2.